The second kappa shape index (κ2) is 11.3. The molecule has 152 valence electrons. The molecule has 0 aliphatic heterocycles. The first-order valence-corrected chi connectivity index (χ1v) is 8.70. The predicted octanol–water partition coefficient (Wildman–Crippen LogP) is 4.64. The van der Waals surface area contributed by atoms with E-state index in [1.165, 1.54) is 24.3 Å². The summed E-state index contributed by atoms with van der Waals surface area (Å²) in [5, 5.41) is 6.35. The van der Waals surface area contributed by atoms with Crippen molar-refractivity contribution in [3.8, 4) is 11.6 Å². The quantitative estimate of drug-likeness (QED) is 0.289. The standard InChI is InChI=1S/C21H20F2N4O.HI/c1-24-21(26-12-15-2-5-17(22)6-3-15)27-14-16-4-11-20(25-13-16)28-19-9-7-18(23)8-10-19;/h2-11,13H,12,14H2,1H3,(H2,24,26,27);1H. The summed E-state index contributed by atoms with van der Waals surface area (Å²) in [5.74, 6) is 0.990. The Morgan fingerprint density at radius 1 is 0.862 bits per heavy atom. The Labute approximate surface area is 185 Å². The molecule has 5 nitrogen and oxygen atoms in total. The minimum atomic E-state index is -0.317. The molecule has 2 aromatic carbocycles. The van der Waals surface area contributed by atoms with E-state index < -0.39 is 0 Å². The number of hydrogen-bond acceptors (Lipinski definition) is 3. The normalized spacial score (nSPS) is 10.8. The van der Waals surface area contributed by atoms with Crippen molar-refractivity contribution in [2.45, 2.75) is 13.1 Å². The lowest BCUT2D eigenvalue weighted by atomic mass is 10.2. The van der Waals surface area contributed by atoms with Gasteiger partial charge < -0.3 is 15.4 Å². The van der Waals surface area contributed by atoms with Crippen LogP contribution in [0, 0.1) is 11.6 Å². The summed E-state index contributed by atoms with van der Waals surface area (Å²) in [7, 11) is 1.68. The lowest BCUT2D eigenvalue weighted by molar-refractivity contribution is 0.461. The number of hydrogen-bond donors (Lipinski definition) is 2. The molecule has 29 heavy (non-hydrogen) atoms. The summed E-state index contributed by atoms with van der Waals surface area (Å²) in [6.45, 7) is 1.05. The highest BCUT2D eigenvalue weighted by atomic mass is 127. The largest absolute Gasteiger partial charge is 0.439 e. The van der Waals surface area contributed by atoms with Crippen molar-refractivity contribution < 1.29 is 13.5 Å². The van der Waals surface area contributed by atoms with Crippen LogP contribution in [0.5, 0.6) is 11.6 Å². The molecule has 0 aliphatic carbocycles. The third kappa shape index (κ3) is 7.30. The summed E-state index contributed by atoms with van der Waals surface area (Å²) in [6.07, 6.45) is 1.69. The summed E-state index contributed by atoms with van der Waals surface area (Å²) in [5.41, 5.74) is 1.89. The van der Waals surface area contributed by atoms with Crippen LogP contribution >= 0.6 is 24.0 Å². The van der Waals surface area contributed by atoms with Gasteiger partial charge in [-0.1, -0.05) is 18.2 Å². The van der Waals surface area contributed by atoms with Gasteiger partial charge in [-0.15, -0.1) is 24.0 Å². The van der Waals surface area contributed by atoms with Crippen LogP contribution in [-0.2, 0) is 13.1 Å². The number of pyridine rings is 1. The van der Waals surface area contributed by atoms with E-state index in [-0.39, 0.29) is 35.6 Å². The maximum Gasteiger partial charge on any atom is 0.219 e. The maximum absolute atomic E-state index is 12.9. The number of aliphatic imine (C=N–C) groups is 1. The molecular weight excluding hydrogens is 489 g/mol. The lowest BCUT2D eigenvalue weighted by Crippen LogP contribution is -2.36. The van der Waals surface area contributed by atoms with Crippen molar-refractivity contribution in [1.82, 2.24) is 15.6 Å². The van der Waals surface area contributed by atoms with Gasteiger partial charge in [-0.05, 0) is 47.5 Å². The van der Waals surface area contributed by atoms with Crippen molar-refractivity contribution in [2.75, 3.05) is 7.05 Å². The van der Waals surface area contributed by atoms with Gasteiger partial charge in [0.05, 0.1) is 0 Å². The first-order chi connectivity index (χ1) is 13.6. The van der Waals surface area contributed by atoms with Crippen molar-refractivity contribution in [1.29, 1.82) is 0 Å². The monoisotopic (exact) mass is 510 g/mol. The number of nitrogens with zero attached hydrogens (tertiary/aromatic N) is 2. The molecule has 0 bridgehead atoms. The van der Waals surface area contributed by atoms with Gasteiger partial charge in [-0.2, -0.15) is 0 Å². The zero-order valence-corrected chi connectivity index (χ0v) is 18.1. The summed E-state index contributed by atoms with van der Waals surface area (Å²) in [6, 6.07) is 15.7. The minimum Gasteiger partial charge on any atom is -0.439 e. The number of aromatic nitrogens is 1. The second-order valence-electron chi connectivity index (χ2n) is 5.97. The molecule has 2 N–H and O–H groups in total. The Bertz CT molecular complexity index is 917. The fourth-order valence-corrected chi connectivity index (χ4v) is 2.39. The molecule has 3 rings (SSSR count). The number of rotatable bonds is 6. The van der Waals surface area contributed by atoms with Crippen LogP contribution in [-0.4, -0.2) is 18.0 Å². The van der Waals surface area contributed by atoms with E-state index >= 15 is 0 Å². The fraction of sp³-hybridized carbons (Fsp3) is 0.143. The van der Waals surface area contributed by atoms with Crippen LogP contribution in [0.4, 0.5) is 8.78 Å². The molecule has 0 spiro atoms. The molecule has 1 aromatic heterocycles. The van der Waals surface area contributed by atoms with Crippen LogP contribution in [0.3, 0.4) is 0 Å². The molecule has 0 radical (unpaired) electrons. The Balaban J connectivity index is 0.00000300. The van der Waals surface area contributed by atoms with Crippen LogP contribution in [0.2, 0.25) is 0 Å². The topological polar surface area (TPSA) is 58.5 Å². The van der Waals surface area contributed by atoms with Crippen molar-refractivity contribution in [3.63, 3.8) is 0 Å². The number of nitrogens with one attached hydrogen (secondary N) is 2. The summed E-state index contributed by atoms with van der Waals surface area (Å²) >= 11 is 0. The average Bonchev–Trinajstić information content (AvgIpc) is 2.72. The van der Waals surface area contributed by atoms with Crippen LogP contribution < -0.4 is 15.4 Å². The fourth-order valence-electron chi connectivity index (χ4n) is 2.39. The van der Waals surface area contributed by atoms with Gasteiger partial charge in [-0.25, -0.2) is 13.8 Å². The highest BCUT2D eigenvalue weighted by molar-refractivity contribution is 14.0. The molecule has 3 aromatic rings. The maximum atomic E-state index is 12.9. The van der Waals surface area contributed by atoms with Gasteiger partial charge in [-0.3, -0.25) is 4.99 Å². The highest BCUT2D eigenvalue weighted by Gasteiger charge is 2.02. The Morgan fingerprint density at radius 2 is 1.41 bits per heavy atom. The van der Waals surface area contributed by atoms with Crippen molar-refractivity contribution >= 4 is 29.9 Å². The van der Waals surface area contributed by atoms with Crippen molar-refractivity contribution in [3.05, 3.63) is 89.6 Å². The van der Waals surface area contributed by atoms with Gasteiger partial charge in [0.15, 0.2) is 5.96 Å². The van der Waals surface area contributed by atoms with E-state index in [1.807, 2.05) is 6.07 Å². The molecule has 0 atom stereocenters. The highest BCUT2D eigenvalue weighted by Crippen LogP contribution is 2.19. The summed E-state index contributed by atoms with van der Waals surface area (Å²) < 4.78 is 31.4. The predicted molar refractivity (Wildman–Crippen MR) is 120 cm³/mol. The smallest absolute Gasteiger partial charge is 0.219 e. The van der Waals surface area contributed by atoms with E-state index in [0.29, 0.717) is 30.7 Å². The molecule has 0 aliphatic rings. The molecule has 8 heteroatoms. The van der Waals surface area contributed by atoms with E-state index in [1.54, 1.807) is 43.6 Å². The van der Waals surface area contributed by atoms with E-state index in [2.05, 4.69) is 20.6 Å². The van der Waals surface area contributed by atoms with Crippen LogP contribution in [0.1, 0.15) is 11.1 Å². The molecular formula is C21H21F2IN4O. The van der Waals surface area contributed by atoms with E-state index in [0.717, 1.165) is 11.1 Å². The number of benzene rings is 2. The zero-order chi connectivity index (χ0) is 19.8. The molecule has 0 saturated carbocycles. The Morgan fingerprint density at radius 3 is 1.97 bits per heavy atom. The molecule has 0 saturated heterocycles. The van der Waals surface area contributed by atoms with Crippen LogP contribution in [0.15, 0.2) is 71.9 Å². The van der Waals surface area contributed by atoms with Gasteiger partial charge in [0.2, 0.25) is 5.88 Å². The second-order valence-corrected chi connectivity index (χ2v) is 5.97. The van der Waals surface area contributed by atoms with Crippen LogP contribution in [0.25, 0.3) is 0 Å². The first kappa shape index (κ1) is 22.5. The molecule has 0 fully saturated rings. The first-order valence-electron chi connectivity index (χ1n) is 8.70. The molecule has 0 unspecified atom stereocenters. The van der Waals surface area contributed by atoms with E-state index in [9.17, 15) is 8.78 Å². The lowest BCUT2D eigenvalue weighted by Gasteiger charge is -2.12. The van der Waals surface area contributed by atoms with Crippen molar-refractivity contribution in [2.24, 2.45) is 4.99 Å². The number of ether oxygens (including phenoxy) is 1. The third-order valence-corrected chi connectivity index (χ3v) is 3.89. The van der Waals surface area contributed by atoms with E-state index in [4.69, 9.17) is 4.74 Å². The third-order valence-electron chi connectivity index (χ3n) is 3.89. The Kier molecular flexibility index (Phi) is 8.78. The van der Waals surface area contributed by atoms with Gasteiger partial charge >= 0.3 is 0 Å². The number of guanidine groups is 1. The number of halogens is 3. The molecule has 1 heterocycles. The summed E-state index contributed by atoms with van der Waals surface area (Å²) in [4.78, 5) is 8.41. The Hall–Kier alpha value is -2.75. The van der Waals surface area contributed by atoms with Gasteiger partial charge in [0.1, 0.15) is 17.4 Å². The molecule has 0 amide bonds. The minimum absolute atomic E-state index is 0. The van der Waals surface area contributed by atoms with Gasteiger partial charge in [0, 0.05) is 32.4 Å². The average molecular weight is 510 g/mol. The van der Waals surface area contributed by atoms with Gasteiger partial charge in [0.25, 0.3) is 0 Å². The zero-order valence-electron chi connectivity index (χ0n) is 15.7. The SMILES string of the molecule is CN=C(NCc1ccc(F)cc1)NCc1ccc(Oc2ccc(F)cc2)nc1.I.